The van der Waals surface area contributed by atoms with Crippen molar-refractivity contribution in [2.24, 2.45) is 7.05 Å². The van der Waals surface area contributed by atoms with E-state index in [2.05, 4.69) is 20.7 Å². The van der Waals surface area contributed by atoms with Crippen LogP contribution in [0, 0.1) is 0 Å². The number of anilines is 2. The van der Waals surface area contributed by atoms with Crippen molar-refractivity contribution >= 4 is 17.5 Å². The van der Waals surface area contributed by atoms with Gasteiger partial charge in [-0.05, 0) is 18.6 Å². The fourth-order valence-electron chi connectivity index (χ4n) is 1.61. The average molecular weight is 259 g/mol. The number of hydrogen-bond acceptors (Lipinski definition) is 4. The van der Waals surface area contributed by atoms with Crippen LogP contribution in [-0.4, -0.2) is 27.2 Å². The first-order chi connectivity index (χ1) is 9.20. The molecule has 6 heteroatoms. The van der Waals surface area contributed by atoms with Crippen LogP contribution in [0.15, 0.2) is 30.6 Å². The predicted octanol–water partition coefficient (Wildman–Crippen LogP) is 1.70. The molecule has 2 rings (SSSR count). The van der Waals surface area contributed by atoms with E-state index in [4.69, 9.17) is 0 Å². The number of hydrogen-bond donors (Lipinski definition) is 2. The highest BCUT2D eigenvalue weighted by Crippen LogP contribution is 2.14. The monoisotopic (exact) mass is 259 g/mol. The highest BCUT2D eigenvalue weighted by Gasteiger charge is 2.07. The predicted molar refractivity (Wildman–Crippen MR) is 73.4 cm³/mol. The Labute approximate surface area is 111 Å². The molecule has 0 radical (unpaired) electrons. The van der Waals surface area contributed by atoms with Crippen molar-refractivity contribution in [1.29, 1.82) is 0 Å². The Morgan fingerprint density at radius 3 is 2.89 bits per heavy atom. The highest BCUT2D eigenvalue weighted by atomic mass is 16.1. The Morgan fingerprint density at radius 1 is 1.37 bits per heavy atom. The Balaban J connectivity index is 2.11. The fourth-order valence-corrected chi connectivity index (χ4v) is 1.61. The van der Waals surface area contributed by atoms with Gasteiger partial charge in [0.15, 0.2) is 0 Å². The Bertz CT molecular complexity index is 564. The van der Waals surface area contributed by atoms with Gasteiger partial charge in [-0.15, -0.1) is 0 Å². The van der Waals surface area contributed by atoms with Crippen LogP contribution in [0.1, 0.15) is 23.7 Å². The second-order valence-electron chi connectivity index (χ2n) is 4.15. The van der Waals surface area contributed by atoms with E-state index in [9.17, 15) is 4.79 Å². The summed E-state index contributed by atoms with van der Waals surface area (Å²) < 4.78 is 1.70. The first-order valence-electron chi connectivity index (χ1n) is 6.20. The Hall–Kier alpha value is -2.37. The molecule has 0 aliphatic rings. The average Bonchev–Trinajstić information content (AvgIpc) is 2.82. The molecule has 2 aromatic heterocycles. The molecule has 2 aromatic rings. The van der Waals surface area contributed by atoms with E-state index in [-0.39, 0.29) is 5.91 Å². The second kappa shape index (κ2) is 5.99. The van der Waals surface area contributed by atoms with Gasteiger partial charge >= 0.3 is 0 Å². The molecule has 100 valence electrons. The number of aryl methyl sites for hydroxylation is 1. The molecule has 0 bridgehead atoms. The van der Waals surface area contributed by atoms with E-state index in [0.29, 0.717) is 17.9 Å². The molecular formula is C13H17N5O. The first-order valence-corrected chi connectivity index (χ1v) is 6.20. The third-order valence-electron chi connectivity index (χ3n) is 2.63. The van der Waals surface area contributed by atoms with Crippen molar-refractivity contribution in [3.05, 3.63) is 36.2 Å². The van der Waals surface area contributed by atoms with Crippen molar-refractivity contribution in [2.75, 3.05) is 11.9 Å². The maximum absolute atomic E-state index is 11.8. The quantitative estimate of drug-likeness (QED) is 0.857. The van der Waals surface area contributed by atoms with Crippen molar-refractivity contribution in [1.82, 2.24) is 20.1 Å². The number of rotatable bonds is 5. The van der Waals surface area contributed by atoms with Gasteiger partial charge in [0.1, 0.15) is 11.6 Å². The topological polar surface area (TPSA) is 71.8 Å². The van der Waals surface area contributed by atoms with Crippen LogP contribution in [0.4, 0.5) is 11.6 Å². The smallest absolute Gasteiger partial charge is 0.251 e. The summed E-state index contributed by atoms with van der Waals surface area (Å²) >= 11 is 0. The SMILES string of the molecule is CCCNC(=O)c1ccnc(Nc2ccnn2C)c1. The standard InChI is InChI=1S/C13H17N5O/c1-3-6-15-13(19)10-4-7-14-11(9-10)17-12-5-8-16-18(12)2/h4-5,7-9H,3,6H2,1-2H3,(H,14,17)(H,15,19). The molecule has 2 heterocycles. The zero-order valence-electron chi connectivity index (χ0n) is 11.1. The van der Waals surface area contributed by atoms with E-state index in [1.165, 1.54) is 0 Å². The summed E-state index contributed by atoms with van der Waals surface area (Å²) in [4.78, 5) is 16.0. The molecule has 0 aromatic carbocycles. The highest BCUT2D eigenvalue weighted by molar-refractivity contribution is 5.94. The summed E-state index contributed by atoms with van der Waals surface area (Å²) in [6.45, 7) is 2.69. The summed E-state index contributed by atoms with van der Waals surface area (Å²) in [5.74, 6) is 1.35. The maximum atomic E-state index is 11.8. The molecule has 0 aliphatic heterocycles. The van der Waals surface area contributed by atoms with Gasteiger partial charge in [-0.2, -0.15) is 5.10 Å². The van der Waals surface area contributed by atoms with Gasteiger partial charge in [-0.25, -0.2) is 4.98 Å². The summed E-state index contributed by atoms with van der Waals surface area (Å²) in [6.07, 6.45) is 4.22. The van der Waals surface area contributed by atoms with E-state index in [1.54, 1.807) is 29.2 Å². The minimum atomic E-state index is -0.0858. The van der Waals surface area contributed by atoms with Crippen LogP contribution in [0.2, 0.25) is 0 Å². The van der Waals surface area contributed by atoms with Gasteiger partial charge < -0.3 is 10.6 Å². The van der Waals surface area contributed by atoms with Crippen LogP contribution in [-0.2, 0) is 7.05 Å². The lowest BCUT2D eigenvalue weighted by Crippen LogP contribution is -2.24. The lowest BCUT2D eigenvalue weighted by molar-refractivity contribution is 0.0953. The first kappa shape index (κ1) is 13.1. The third-order valence-corrected chi connectivity index (χ3v) is 2.63. The zero-order chi connectivity index (χ0) is 13.7. The van der Waals surface area contributed by atoms with Crippen LogP contribution in [0.3, 0.4) is 0 Å². The number of carbonyl (C=O) groups excluding carboxylic acids is 1. The molecule has 0 aliphatic carbocycles. The summed E-state index contributed by atoms with van der Waals surface area (Å²) in [5.41, 5.74) is 0.591. The van der Waals surface area contributed by atoms with Crippen LogP contribution in [0.25, 0.3) is 0 Å². The lowest BCUT2D eigenvalue weighted by atomic mass is 10.2. The normalized spacial score (nSPS) is 10.2. The molecule has 0 saturated heterocycles. The number of aromatic nitrogens is 3. The van der Waals surface area contributed by atoms with Gasteiger partial charge in [0, 0.05) is 31.4 Å². The molecule has 6 nitrogen and oxygen atoms in total. The number of amides is 1. The largest absolute Gasteiger partial charge is 0.352 e. The summed E-state index contributed by atoms with van der Waals surface area (Å²) in [7, 11) is 1.83. The second-order valence-corrected chi connectivity index (χ2v) is 4.15. The fraction of sp³-hybridized carbons (Fsp3) is 0.308. The minimum Gasteiger partial charge on any atom is -0.352 e. The van der Waals surface area contributed by atoms with Gasteiger partial charge in [0.25, 0.3) is 5.91 Å². The molecule has 0 atom stereocenters. The molecule has 0 fully saturated rings. The number of pyridine rings is 1. The molecule has 0 saturated carbocycles. The van der Waals surface area contributed by atoms with Crippen LogP contribution < -0.4 is 10.6 Å². The molecule has 19 heavy (non-hydrogen) atoms. The van der Waals surface area contributed by atoms with E-state index >= 15 is 0 Å². The van der Waals surface area contributed by atoms with Crippen LogP contribution in [0.5, 0.6) is 0 Å². The minimum absolute atomic E-state index is 0.0858. The molecule has 0 spiro atoms. The van der Waals surface area contributed by atoms with Crippen LogP contribution >= 0.6 is 0 Å². The number of nitrogens with one attached hydrogen (secondary N) is 2. The Morgan fingerprint density at radius 2 is 2.21 bits per heavy atom. The van der Waals surface area contributed by atoms with Gasteiger partial charge in [0.05, 0.1) is 6.20 Å². The van der Waals surface area contributed by atoms with Gasteiger partial charge in [-0.3, -0.25) is 9.48 Å². The zero-order valence-corrected chi connectivity index (χ0v) is 11.1. The maximum Gasteiger partial charge on any atom is 0.251 e. The molecule has 1 amide bonds. The van der Waals surface area contributed by atoms with Crippen molar-refractivity contribution in [3.8, 4) is 0 Å². The molecular weight excluding hydrogens is 242 g/mol. The Kier molecular flexibility index (Phi) is 4.12. The van der Waals surface area contributed by atoms with Crippen molar-refractivity contribution in [2.45, 2.75) is 13.3 Å². The number of nitrogens with zero attached hydrogens (tertiary/aromatic N) is 3. The van der Waals surface area contributed by atoms with E-state index in [0.717, 1.165) is 12.2 Å². The van der Waals surface area contributed by atoms with Crippen molar-refractivity contribution < 1.29 is 4.79 Å². The summed E-state index contributed by atoms with van der Waals surface area (Å²) in [6, 6.07) is 5.25. The van der Waals surface area contributed by atoms with Gasteiger partial charge in [0.2, 0.25) is 0 Å². The van der Waals surface area contributed by atoms with Gasteiger partial charge in [-0.1, -0.05) is 6.92 Å². The van der Waals surface area contributed by atoms with Crippen molar-refractivity contribution in [3.63, 3.8) is 0 Å². The molecule has 2 N–H and O–H groups in total. The summed E-state index contributed by atoms with van der Waals surface area (Å²) in [5, 5.41) is 10.0. The van der Waals surface area contributed by atoms with E-state index in [1.807, 2.05) is 20.0 Å². The number of carbonyl (C=O) groups is 1. The lowest BCUT2D eigenvalue weighted by Gasteiger charge is -2.07. The third kappa shape index (κ3) is 3.31. The van der Waals surface area contributed by atoms with E-state index < -0.39 is 0 Å². The molecule has 0 unspecified atom stereocenters.